The average molecular weight is 344 g/mol. The maximum absolute atomic E-state index is 11.7. The molecule has 0 aliphatic heterocycles. The van der Waals surface area contributed by atoms with E-state index in [4.69, 9.17) is 11.6 Å². The number of aryl methyl sites for hydroxylation is 1. The van der Waals surface area contributed by atoms with Crippen molar-refractivity contribution in [3.05, 3.63) is 59.9 Å². The number of hydrogen-bond acceptors (Lipinski definition) is 3. The van der Waals surface area contributed by atoms with Crippen molar-refractivity contribution in [2.24, 2.45) is 0 Å². The molecule has 0 saturated heterocycles. The molecule has 0 unspecified atom stereocenters. The normalized spacial score (nSPS) is 10.5. The Morgan fingerprint density at radius 3 is 2.42 bits per heavy atom. The minimum Gasteiger partial charge on any atom is -0.319 e. The van der Waals surface area contributed by atoms with Crippen molar-refractivity contribution in [1.29, 1.82) is 0 Å². The summed E-state index contributed by atoms with van der Waals surface area (Å²) in [6.07, 6.45) is 0. The largest absolute Gasteiger partial charge is 0.319 e. The lowest BCUT2D eigenvalue weighted by atomic mass is 10.0. The molecule has 0 bridgehead atoms. The van der Waals surface area contributed by atoms with Crippen LogP contribution in [0.4, 0.5) is 5.69 Å². The second-order valence-electron chi connectivity index (χ2n) is 3.88. The van der Waals surface area contributed by atoms with Gasteiger partial charge in [0.15, 0.2) is 0 Å². The molecule has 98 valence electrons. The summed E-state index contributed by atoms with van der Waals surface area (Å²) in [6.45, 7) is 1.49. The van der Waals surface area contributed by atoms with Gasteiger partial charge >= 0.3 is 0 Å². The first kappa shape index (κ1) is 13.8. The van der Waals surface area contributed by atoms with Gasteiger partial charge in [0.1, 0.15) is 0 Å². The second kappa shape index (κ2) is 5.14. The molecule has 5 nitrogen and oxygen atoms in total. The smallest absolute Gasteiger partial charge is 0.297 e. The molecule has 0 aliphatic carbocycles. The van der Waals surface area contributed by atoms with Crippen LogP contribution in [0, 0.1) is 17.0 Å². The van der Waals surface area contributed by atoms with Crippen LogP contribution in [0.2, 0.25) is 5.02 Å². The molecule has 0 saturated carbocycles. The predicted octanol–water partition coefficient (Wildman–Crippen LogP) is 3.67. The van der Waals surface area contributed by atoms with Crippen molar-refractivity contribution in [3.8, 4) is 11.1 Å². The van der Waals surface area contributed by atoms with Gasteiger partial charge in [0.25, 0.3) is 11.2 Å². The fourth-order valence-electron chi connectivity index (χ4n) is 1.80. The van der Waals surface area contributed by atoms with Crippen LogP contribution in [0.25, 0.3) is 11.1 Å². The molecule has 0 aliphatic rings. The quantitative estimate of drug-likeness (QED) is 0.667. The third kappa shape index (κ3) is 2.54. The molecule has 0 fully saturated rings. The average Bonchev–Trinajstić information content (AvgIpc) is 2.34. The molecule has 2 rings (SSSR count). The van der Waals surface area contributed by atoms with Gasteiger partial charge in [0.2, 0.25) is 0 Å². The highest BCUT2D eigenvalue weighted by Gasteiger charge is 2.24. The number of aromatic nitrogens is 1. The Balaban J connectivity index is 2.84. The Labute approximate surface area is 121 Å². The Morgan fingerprint density at radius 2 is 1.89 bits per heavy atom. The number of benzene rings is 1. The summed E-state index contributed by atoms with van der Waals surface area (Å²) in [5, 5.41) is 11.7. The number of nitrogens with zero attached hydrogens (tertiary/aromatic N) is 1. The maximum atomic E-state index is 11.7. The molecular formula is C12H8BrClN2O3. The molecule has 1 N–H and O–H groups in total. The zero-order valence-corrected chi connectivity index (χ0v) is 12.1. The lowest BCUT2D eigenvalue weighted by Gasteiger charge is -2.07. The fourth-order valence-corrected chi connectivity index (χ4v) is 2.44. The first-order valence-electron chi connectivity index (χ1n) is 5.24. The number of hydrogen-bond donors (Lipinski definition) is 1. The first-order chi connectivity index (χ1) is 8.91. The van der Waals surface area contributed by atoms with E-state index >= 15 is 0 Å². The van der Waals surface area contributed by atoms with Crippen LogP contribution in [0.3, 0.4) is 0 Å². The highest BCUT2D eigenvalue weighted by molar-refractivity contribution is 9.10. The number of halogens is 2. The molecule has 1 aromatic heterocycles. The topological polar surface area (TPSA) is 76.0 Å². The van der Waals surface area contributed by atoms with Gasteiger partial charge in [-0.2, -0.15) is 0 Å². The zero-order chi connectivity index (χ0) is 14.2. The van der Waals surface area contributed by atoms with Crippen molar-refractivity contribution in [2.45, 2.75) is 6.92 Å². The van der Waals surface area contributed by atoms with E-state index in [2.05, 4.69) is 20.9 Å². The van der Waals surface area contributed by atoms with E-state index in [1.54, 1.807) is 24.3 Å². The number of aromatic amines is 1. The van der Waals surface area contributed by atoms with Gasteiger partial charge in [-0.15, -0.1) is 0 Å². The fraction of sp³-hybridized carbons (Fsp3) is 0.0833. The number of nitro groups is 1. The van der Waals surface area contributed by atoms with Gasteiger partial charge in [0.05, 0.1) is 20.7 Å². The summed E-state index contributed by atoms with van der Waals surface area (Å²) in [5.74, 6) is 0. The van der Waals surface area contributed by atoms with E-state index < -0.39 is 10.5 Å². The Kier molecular flexibility index (Phi) is 3.73. The van der Waals surface area contributed by atoms with E-state index in [1.165, 1.54) is 6.92 Å². The summed E-state index contributed by atoms with van der Waals surface area (Å²) in [7, 11) is 0. The Bertz CT molecular complexity index is 710. The van der Waals surface area contributed by atoms with Crippen molar-refractivity contribution in [3.63, 3.8) is 0 Å². The maximum Gasteiger partial charge on any atom is 0.297 e. The summed E-state index contributed by atoms with van der Waals surface area (Å²) in [6, 6.07) is 6.50. The Hall–Kier alpha value is -1.66. The van der Waals surface area contributed by atoms with Crippen LogP contribution in [0.1, 0.15) is 5.69 Å². The lowest BCUT2D eigenvalue weighted by Crippen LogP contribution is -2.12. The molecule has 0 amide bonds. The van der Waals surface area contributed by atoms with Crippen molar-refractivity contribution < 1.29 is 4.92 Å². The lowest BCUT2D eigenvalue weighted by molar-refractivity contribution is -0.385. The van der Waals surface area contributed by atoms with Crippen LogP contribution in [-0.2, 0) is 0 Å². The molecule has 0 radical (unpaired) electrons. The molecule has 1 heterocycles. The van der Waals surface area contributed by atoms with E-state index in [0.29, 0.717) is 10.6 Å². The number of rotatable bonds is 2. The minimum atomic E-state index is -0.514. The number of nitrogens with one attached hydrogen (secondary N) is 1. The first-order valence-corrected chi connectivity index (χ1v) is 6.41. The molecule has 1 aromatic carbocycles. The van der Waals surface area contributed by atoms with Crippen LogP contribution in [0.5, 0.6) is 0 Å². The van der Waals surface area contributed by atoms with Crippen molar-refractivity contribution in [2.75, 3.05) is 0 Å². The molecule has 19 heavy (non-hydrogen) atoms. The Morgan fingerprint density at radius 1 is 1.32 bits per heavy atom. The third-order valence-electron chi connectivity index (χ3n) is 2.63. The van der Waals surface area contributed by atoms with Gasteiger partial charge in [-0.3, -0.25) is 14.9 Å². The van der Waals surface area contributed by atoms with Gasteiger partial charge < -0.3 is 4.98 Å². The van der Waals surface area contributed by atoms with E-state index in [9.17, 15) is 14.9 Å². The van der Waals surface area contributed by atoms with E-state index in [0.717, 1.165) is 0 Å². The molecule has 0 spiro atoms. The monoisotopic (exact) mass is 342 g/mol. The van der Waals surface area contributed by atoms with Crippen LogP contribution >= 0.6 is 27.5 Å². The third-order valence-corrected chi connectivity index (χ3v) is 3.64. The summed E-state index contributed by atoms with van der Waals surface area (Å²) in [4.78, 5) is 24.8. The summed E-state index contributed by atoms with van der Waals surface area (Å²) < 4.78 is 0.132. The van der Waals surface area contributed by atoms with Crippen molar-refractivity contribution >= 4 is 33.2 Å². The predicted molar refractivity (Wildman–Crippen MR) is 76.6 cm³/mol. The molecular weight excluding hydrogens is 336 g/mol. The second-order valence-corrected chi connectivity index (χ2v) is 5.11. The van der Waals surface area contributed by atoms with Crippen LogP contribution in [-0.4, -0.2) is 9.91 Å². The summed E-state index contributed by atoms with van der Waals surface area (Å²) in [5.41, 5.74) is 0.477. The molecule has 0 atom stereocenters. The van der Waals surface area contributed by atoms with E-state index in [1.807, 2.05) is 0 Å². The van der Waals surface area contributed by atoms with Crippen LogP contribution < -0.4 is 5.56 Å². The van der Waals surface area contributed by atoms with Crippen molar-refractivity contribution in [1.82, 2.24) is 4.98 Å². The van der Waals surface area contributed by atoms with Gasteiger partial charge in [-0.05, 0) is 40.5 Å². The number of pyridine rings is 1. The minimum absolute atomic E-state index is 0.131. The van der Waals surface area contributed by atoms with Gasteiger partial charge in [-0.25, -0.2) is 0 Å². The van der Waals surface area contributed by atoms with Gasteiger partial charge in [-0.1, -0.05) is 23.7 Å². The molecule has 2 aromatic rings. The summed E-state index contributed by atoms with van der Waals surface area (Å²) >= 11 is 8.90. The van der Waals surface area contributed by atoms with E-state index in [-0.39, 0.29) is 21.4 Å². The molecule has 7 heteroatoms. The highest BCUT2D eigenvalue weighted by Crippen LogP contribution is 2.36. The highest BCUT2D eigenvalue weighted by atomic mass is 79.9. The van der Waals surface area contributed by atoms with Gasteiger partial charge in [0, 0.05) is 5.02 Å². The standard InChI is InChI=1S/C12H8BrClN2O3/c1-6-11(16(18)19)9(10(13)12(17)15-6)7-2-4-8(14)5-3-7/h2-5H,1H3,(H,15,17). The zero-order valence-electron chi connectivity index (χ0n) is 9.74. The SMILES string of the molecule is Cc1[nH]c(=O)c(Br)c(-c2ccc(Cl)cc2)c1[N+](=O)[O-]. The number of H-pyrrole nitrogens is 1. The van der Waals surface area contributed by atoms with Crippen LogP contribution in [0.15, 0.2) is 33.5 Å².